The first-order valence-electron chi connectivity index (χ1n) is 9.11. The molecule has 2 unspecified atom stereocenters. The number of hydrogen-bond donors (Lipinski definition) is 2. The smallest absolute Gasteiger partial charge is 0.393 e. The number of rotatable bonds is 6. The van der Waals surface area contributed by atoms with Gasteiger partial charge in [-0.1, -0.05) is 0 Å². The van der Waals surface area contributed by atoms with Crippen LogP contribution in [0.15, 0.2) is 35.5 Å². The molecule has 0 bridgehead atoms. The van der Waals surface area contributed by atoms with Crippen molar-refractivity contribution < 1.29 is 31.5 Å². The van der Waals surface area contributed by atoms with Gasteiger partial charge in [-0.2, -0.15) is 17.6 Å². The number of benzene rings is 1. The van der Waals surface area contributed by atoms with Gasteiger partial charge in [0.25, 0.3) is 0 Å². The minimum Gasteiger partial charge on any atom is -0.491 e. The van der Waals surface area contributed by atoms with Crippen LogP contribution in [0.4, 0.5) is 33.3 Å². The van der Waals surface area contributed by atoms with E-state index >= 15 is 0 Å². The van der Waals surface area contributed by atoms with Gasteiger partial charge < -0.3 is 15.0 Å². The van der Waals surface area contributed by atoms with Crippen molar-refractivity contribution in [3.63, 3.8) is 0 Å². The van der Waals surface area contributed by atoms with Crippen LogP contribution in [0.25, 0.3) is 0 Å². The van der Waals surface area contributed by atoms with Gasteiger partial charge in [-0.3, -0.25) is 9.52 Å². The second-order valence-electron chi connectivity index (χ2n) is 6.73. The molecule has 1 aromatic carbocycles. The van der Waals surface area contributed by atoms with Gasteiger partial charge in [0.1, 0.15) is 11.1 Å². The summed E-state index contributed by atoms with van der Waals surface area (Å²) in [5.74, 6) is -5.65. The second-order valence-corrected chi connectivity index (χ2v) is 7.76. The van der Waals surface area contributed by atoms with Gasteiger partial charge in [0.05, 0.1) is 18.7 Å². The van der Waals surface area contributed by atoms with Crippen molar-refractivity contribution in [1.29, 1.82) is 0 Å². The lowest BCUT2D eigenvalue weighted by Crippen LogP contribution is -2.40. The standard InChI is InChI=1S/C19H19F5N4O2S/c1-25-31-15-8-11(5-6-26-15)27-18(29)14-7-10(19(22,23)24)9-28(14)13-4-3-12(20)16(21)17(13)30-2/h3-6,8,10,14,25H,7,9H2,1-2H3,(H,26,27,29). The highest BCUT2D eigenvalue weighted by atomic mass is 32.2. The first-order valence-corrected chi connectivity index (χ1v) is 9.93. The second kappa shape index (κ2) is 9.27. The van der Waals surface area contributed by atoms with Gasteiger partial charge in [0, 0.05) is 18.4 Å². The van der Waals surface area contributed by atoms with E-state index in [0.717, 1.165) is 24.1 Å². The fourth-order valence-electron chi connectivity index (χ4n) is 3.40. The van der Waals surface area contributed by atoms with Gasteiger partial charge in [-0.15, -0.1) is 0 Å². The molecule has 1 amide bonds. The molecule has 168 valence electrons. The molecule has 2 N–H and O–H groups in total. The molecule has 0 spiro atoms. The SMILES string of the molecule is CNSc1cc(NC(=O)C2CC(C(F)(F)F)CN2c2ccc(F)c(F)c2OC)ccn1. The molecule has 1 aliphatic heterocycles. The number of carbonyl (C=O) groups excluding carboxylic acids is 1. The Morgan fingerprint density at radius 2 is 2.03 bits per heavy atom. The lowest BCUT2D eigenvalue weighted by molar-refractivity contribution is -0.168. The van der Waals surface area contributed by atoms with E-state index < -0.39 is 54.4 Å². The normalized spacial score (nSPS) is 18.9. The lowest BCUT2D eigenvalue weighted by atomic mass is 10.0. The van der Waals surface area contributed by atoms with Crippen molar-refractivity contribution in [3.05, 3.63) is 42.1 Å². The van der Waals surface area contributed by atoms with Crippen molar-refractivity contribution in [1.82, 2.24) is 9.71 Å². The Balaban J connectivity index is 1.93. The van der Waals surface area contributed by atoms with Gasteiger partial charge in [-0.25, -0.2) is 9.37 Å². The molecule has 3 rings (SSSR count). The van der Waals surface area contributed by atoms with Crippen molar-refractivity contribution in [3.8, 4) is 5.75 Å². The number of ether oxygens (including phenoxy) is 1. The average molecular weight is 462 g/mol. The molecule has 0 radical (unpaired) electrons. The zero-order valence-electron chi connectivity index (χ0n) is 16.5. The summed E-state index contributed by atoms with van der Waals surface area (Å²) in [6.07, 6.45) is -3.66. The Hall–Kier alpha value is -2.60. The lowest BCUT2D eigenvalue weighted by Gasteiger charge is -2.27. The molecule has 6 nitrogen and oxygen atoms in total. The van der Waals surface area contributed by atoms with Crippen LogP contribution in [0.2, 0.25) is 0 Å². The van der Waals surface area contributed by atoms with E-state index in [0.29, 0.717) is 10.7 Å². The highest BCUT2D eigenvalue weighted by molar-refractivity contribution is 7.97. The quantitative estimate of drug-likeness (QED) is 0.500. The van der Waals surface area contributed by atoms with Crippen LogP contribution in [0.5, 0.6) is 5.75 Å². The van der Waals surface area contributed by atoms with Gasteiger partial charge in [-0.05, 0) is 49.7 Å². The highest BCUT2D eigenvalue weighted by Crippen LogP contribution is 2.43. The van der Waals surface area contributed by atoms with Gasteiger partial charge >= 0.3 is 6.18 Å². The Morgan fingerprint density at radius 3 is 2.68 bits per heavy atom. The molecular formula is C19H19F5N4O2S. The Kier molecular flexibility index (Phi) is 6.90. The van der Waals surface area contributed by atoms with Crippen molar-refractivity contribution in [2.24, 2.45) is 5.92 Å². The van der Waals surface area contributed by atoms with Crippen LogP contribution < -0.4 is 19.7 Å². The Morgan fingerprint density at radius 1 is 1.29 bits per heavy atom. The summed E-state index contributed by atoms with van der Waals surface area (Å²) in [4.78, 5) is 18.1. The molecule has 31 heavy (non-hydrogen) atoms. The van der Waals surface area contributed by atoms with Crippen LogP contribution in [-0.2, 0) is 4.79 Å². The maximum Gasteiger partial charge on any atom is 0.393 e. The van der Waals surface area contributed by atoms with Gasteiger partial charge in [0.15, 0.2) is 11.6 Å². The monoisotopic (exact) mass is 462 g/mol. The Bertz CT molecular complexity index is 959. The molecular weight excluding hydrogens is 443 g/mol. The number of aromatic nitrogens is 1. The van der Waals surface area contributed by atoms with E-state index in [1.807, 2.05) is 0 Å². The maximum absolute atomic E-state index is 14.2. The minimum absolute atomic E-state index is 0.130. The number of halogens is 5. The number of alkyl halides is 3. The molecule has 0 saturated carbocycles. The summed E-state index contributed by atoms with van der Waals surface area (Å²) in [6.45, 7) is -0.597. The molecule has 0 aliphatic carbocycles. The summed E-state index contributed by atoms with van der Waals surface area (Å²) in [7, 11) is 2.76. The third kappa shape index (κ3) is 5.01. The average Bonchev–Trinajstić information content (AvgIpc) is 3.16. The van der Waals surface area contributed by atoms with E-state index in [9.17, 15) is 26.7 Å². The first kappa shape index (κ1) is 23.1. The predicted molar refractivity (Wildman–Crippen MR) is 106 cm³/mol. The predicted octanol–water partition coefficient (Wildman–Crippen LogP) is 3.99. The van der Waals surface area contributed by atoms with Gasteiger partial charge in [0.2, 0.25) is 11.7 Å². The zero-order chi connectivity index (χ0) is 22.8. The van der Waals surface area contributed by atoms with Crippen molar-refractivity contribution in [2.45, 2.75) is 23.7 Å². The number of nitrogens with zero attached hydrogens (tertiary/aromatic N) is 2. The molecule has 2 aromatic rings. The van der Waals surface area contributed by atoms with Crippen LogP contribution >= 0.6 is 11.9 Å². The first-order chi connectivity index (χ1) is 14.7. The van der Waals surface area contributed by atoms with Crippen LogP contribution in [-0.4, -0.2) is 43.8 Å². The highest BCUT2D eigenvalue weighted by Gasteiger charge is 2.50. The molecule has 12 heteroatoms. The van der Waals surface area contributed by atoms with Crippen molar-refractivity contribution >= 4 is 29.2 Å². The number of carbonyl (C=O) groups is 1. The van der Waals surface area contributed by atoms with Crippen LogP contribution in [0.3, 0.4) is 0 Å². The molecule has 1 aliphatic rings. The zero-order valence-corrected chi connectivity index (χ0v) is 17.3. The minimum atomic E-state index is -4.56. The molecule has 1 saturated heterocycles. The Labute approximate surface area is 179 Å². The van der Waals surface area contributed by atoms with Crippen molar-refractivity contribution in [2.75, 3.05) is 30.9 Å². The molecule has 2 heterocycles. The molecule has 1 fully saturated rings. The van der Waals surface area contributed by atoms with Crippen LogP contribution in [0.1, 0.15) is 6.42 Å². The fourth-order valence-corrected chi connectivity index (χ4v) is 3.91. The summed E-state index contributed by atoms with van der Waals surface area (Å²) < 4.78 is 75.8. The topological polar surface area (TPSA) is 66.5 Å². The number of methoxy groups -OCH3 is 1. The summed E-state index contributed by atoms with van der Waals surface area (Å²) >= 11 is 1.19. The molecule has 2 atom stereocenters. The maximum atomic E-state index is 14.2. The van der Waals surface area contributed by atoms with E-state index in [2.05, 4.69) is 15.0 Å². The summed E-state index contributed by atoms with van der Waals surface area (Å²) in [6, 6.07) is 3.66. The van der Waals surface area contributed by atoms with Crippen LogP contribution in [0, 0.1) is 17.6 Å². The number of nitrogens with one attached hydrogen (secondary N) is 2. The summed E-state index contributed by atoms with van der Waals surface area (Å²) in [5.41, 5.74) is 0.208. The third-order valence-electron chi connectivity index (χ3n) is 4.82. The van der Waals surface area contributed by atoms with E-state index in [-0.39, 0.29) is 5.69 Å². The van der Waals surface area contributed by atoms with E-state index in [1.165, 1.54) is 24.2 Å². The fraction of sp³-hybridized carbons (Fsp3) is 0.368. The number of amides is 1. The number of anilines is 2. The number of pyridine rings is 1. The molecule has 1 aromatic heterocycles. The number of hydrogen-bond acceptors (Lipinski definition) is 6. The summed E-state index contributed by atoms with van der Waals surface area (Å²) in [5, 5.41) is 3.12. The largest absolute Gasteiger partial charge is 0.491 e. The van der Waals surface area contributed by atoms with E-state index in [1.54, 1.807) is 13.1 Å². The third-order valence-corrected chi connectivity index (χ3v) is 5.45. The van der Waals surface area contributed by atoms with E-state index in [4.69, 9.17) is 4.74 Å².